The number of esters is 1. The average Bonchev–Trinajstić information content (AvgIpc) is 3.41. The average molecular weight is 608 g/mol. The molecule has 0 unspecified atom stereocenters. The SMILES string of the molecule is COC(=O)c1ccc2c(N(Cc3ccc(-c4ccc5c(c4)CCN5C(=O)OC(C)(C)C)cc3)C(=O)CC(C)(C)C)nccc2c1. The van der Waals surface area contributed by atoms with Crippen LogP contribution < -0.4 is 9.80 Å². The number of benzene rings is 3. The fraction of sp³-hybridized carbons (Fsp3) is 0.351. The Morgan fingerprint density at radius 3 is 2.27 bits per heavy atom. The highest BCUT2D eigenvalue weighted by Gasteiger charge is 2.29. The fourth-order valence-electron chi connectivity index (χ4n) is 5.53. The van der Waals surface area contributed by atoms with Crippen molar-refractivity contribution in [2.45, 2.75) is 66.5 Å². The minimum atomic E-state index is -0.549. The quantitative estimate of drug-likeness (QED) is 0.207. The van der Waals surface area contributed by atoms with Crippen LogP contribution in [0, 0.1) is 5.41 Å². The molecule has 0 atom stereocenters. The van der Waals surface area contributed by atoms with Crippen molar-refractivity contribution in [2.75, 3.05) is 23.5 Å². The smallest absolute Gasteiger partial charge is 0.414 e. The van der Waals surface area contributed by atoms with E-state index in [-0.39, 0.29) is 17.4 Å². The number of aromatic nitrogens is 1. The molecule has 0 saturated heterocycles. The Morgan fingerprint density at radius 2 is 1.60 bits per heavy atom. The van der Waals surface area contributed by atoms with Gasteiger partial charge in [0.05, 0.1) is 24.9 Å². The van der Waals surface area contributed by atoms with Gasteiger partial charge in [0, 0.05) is 24.5 Å². The fourth-order valence-corrected chi connectivity index (χ4v) is 5.53. The van der Waals surface area contributed by atoms with Crippen LogP contribution in [0.4, 0.5) is 16.3 Å². The predicted molar refractivity (Wildman–Crippen MR) is 178 cm³/mol. The van der Waals surface area contributed by atoms with Crippen molar-refractivity contribution < 1.29 is 23.9 Å². The van der Waals surface area contributed by atoms with E-state index in [1.807, 2.05) is 77.9 Å². The topological polar surface area (TPSA) is 89.0 Å². The maximum atomic E-state index is 13.8. The molecule has 45 heavy (non-hydrogen) atoms. The van der Waals surface area contributed by atoms with Gasteiger partial charge >= 0.3 is 12.1 Å². The predicted octanol–water partition coefficient (Wildman–Crippen LogP) is 7.96. The molecule has 234 valence electrons. The Labute approximate surface area is 265 Å². The lowest BCUT2D eigenvalue weighted by Gasteiger charge is -2.27. The summed E-state index contributed by atoms with van der Waals surface area (Å²) in [5, 5.41) is 1.58. The lowest BCUT2D eigenvalue weighted by Crippen LogP contribution is -2.35. The van der Waals surface area contributed by atoms with Crippen LogP contribution in [0.1, 0.15) is 69.4 Å². The zero-order chi connectivity index (χ0) is 32.5. The van der Waals surface area contributed by atoms with E-state index in [2.05, 4.69) is 23.2 Å². The summed E-state index contributed by atoms with van der Waals surface area (Å²) < 4.78 is 10.5. The standard InChI is InChI=1S/C37H41N3O5/c1-36(2,3)22-32(41)40(33-30-14-12-29(34(42)44-7)21-27(30)16-18-38-33)23-24-8-10-25(11-9-24)26-13-15-31-28(20-26)17-19-39(31)35(43)45-37(4,5)6/h8-16,18,20-21H,17,19,22-23H2,1-7H3. The molecule has 2 amide bonds. The molecule has 1 aliphatic rings. The number of carbonyl (C=O) groups is 3. The van der Waals surface area contributed by atoms with Gasteiger partial charge in [0.15, 0.2) is 0 Å². The summed E-state index contributed by atoms with van der Waals surface area (Å²) in [6, 6.07) is 21.4. The van der Waals surface area contributed by atoms with Gasteiger partial charge in [0.25, 0.3) is 0 Å². The summed E-state index contributed by atoms with van der Waals surface area (Å²) in [6.45, 7) is 12.7. The number of carbonyl (C=O) groups excluding carboxylic acids is 3. The Bertz CT molecular complexity index is 1750. The third-order valence-corrected chi connectivity index (χ3v) is 7.62. The highest BCUT2D eigenvalue weighted by molar-refractivity contribution is 6.04. The third-order valence-electron chi connectivity index (χ3n) is 7.62. The summed E-state index contributed by atoms with van der Waals surface area (Å²) in [6.07, 6.45) is 2.45. The van der Waals surface area contributed by atoms with Gasteiger partial charge in [-0.05, 0) is 96.6 Å². The van der Waals surface area contributed by atoms with Gasteiger partial charge in [-0.25, -0.2) is 14.6 Å². The van der Waals surface area contributed by atoms with Crippen molar-refractivity contribution >= 4 is 40.2 Å². The number of amides is 2. The lowest BCUT2D eigenvalue weighted by molar-refractivity contribution is -0.120. The van der Waals surface area contributed by atoms with Crippen molar-refractivity contribution in [3.05, 3.63) is 89.6 Å². The molecule has 8 heteroatoms. The minimum Gasteiger partial charge on any atom is -0.465 e. The van der Waals surface area contributed by atoms with E-state index < -0.39 is 11.6 Å². The van der Waals surface area contributed by atoms with Gasteiger partial charge in [-0.2, -0.15) is 0 Å². The molecule has 0 N–H and O–H groups in total. The molecule has 1 aliphatic heterocycles. The van der Waals surface area contributed by atoms with Crippen molar-refractivity contribution in [1.82, 2.24) is 4.98 Å². The van der Waals surface area contributed by atoms with Gasteiger partial charge in [-0.3, -0.25) is 14.6 Å². The molecule has 0 bridgehead atoms. The second-order valence-corrected chi connectivity index (χ2v) is 13.7. The summed E-state index contributed by atoms with van der Waals surface area (Å²) in [7, 11) is 1.35. The Balaban J connectivity index is 1.41. The third kappa shape index (κ3) is 7.33. The molecule has 0 aliphatic carbocycles. The zero-order valence-corrected chi connectivity index (χ0v) is 27.1. The van der Waals surface area contributed by atoms with Crippen LogP contribution in [0.15, 0.2) is 72.9 Å². The first-order valence-electron chi connectivity index (χ1n) is 15.2. The number of fused-ring (bicyclic) bond motifs is 2. The number of pyridine rings is 1. The van der Waals surface area contributed by atoms with E-state index in [0.717, 1.165) is 45.1 Å². The first-order valence-corrected chi connectivity index (χ1v) is 15.2. The van der Waals surface area contributed by atoms with Gasteiger partial charge in [0.2, 0.25) is 5.91 Å². The molecule has 4 aromatic rings. The van der Waals surface area contributed by atoms with E-state index in [9.17, 15) is 14.4 Å². The van der Waals surface area contributed by atoms with Crippen LogP contribution >= 0.6 is 0 Å². The molecule has 2 heterocycles. The van der Waals surface area contributed by atoms with Crippen LogP contribution in [0.3, 0.4) is 0 Å². The van der Waals surface area contributed by atoms with Crippen LogP contribution in [-0.4, -0.2) is 42.2 Å². The van der Waals surface area contributed by atoms with Crippen LogP contribution in [0.5, 0.6) is 0 Å². The van der Waals surface area contributed by atoms with E-state index in [1.54, 1.807) is 28.1 Å². The molecular formula is C37H41N3O5. The number of methoxy groups -OCH3 is 1. The van der Waals surface area contributed by atoms with Gasteiger partial charge in [-0.1, -0.05) is 51.1 Å². The first-order chi connectivity index (χ1) is 21.2. The summed E-state index contributed by atoms with van der Waals surface area (Å²) in [5.74, 6) is 0.104. The second kappa shape index (κ2) is 12.3. The molecule has 8 nitrogen and oxygen atoms in total. The number of hydrogen-bond donors (Lipinski definition) is 0. The monoisotopic (exact) mass is 607 g/mol. The Hall–Kier alpha value is -4.72. The van der Waals surface area contributed by atoms with E-state index in [1.165, 1.54) is 7.11 Å². The molecule has 0 radical (unpaired) electrons. The molecular weight excluding hydrogens is 566 g/mol. The highest BCUT2D eigenvalue weighted by Crippen LogP contribution is 2.34. The van der Waals surface area contributed by atoms with Crippen LogP contribution in [0.2, 0.25) is 0 Å². The van der Waals surface area contributed by atoms with Gasteiger partial charge in [-0.15, -0.1) is 0 Å². The van der Waals surface area contributed by atoms with E-state index in [4.69, 9.17) is 9.47 Å². The molecule has 5 rings (SSSR count). The first kappa shape index (κ1) is 31.7. The van der Waals surface area contributed by atoms with E-state index in [0.29, 0.717) is 30.9 Å². The summed E-state index contributed by atoms with van der Waals surface area (Å²) in [5.41, 5.74) is 4.74. The minimum absolute atomic E-state index is 0.0308. The van der Waals surface area contributed by atoms with E-state index >= 15 is 0 Å². The van der Waals surface area contributed by atoms with Gasteiger partial charge in [0.1, 0.15) is 11.4 Å². The van der Waals surface area contributed by atoms with Crippen molar-refractivity contribution in [3.8, 4) is 11.1 Å². The maximum absolute atomic E-state index is 13.8. The van der Waals surface area contributed by atoms with Crippen molar-refractivity contribution in [3.63, 3.8) is 0 Å². The second-order valence-electron chi connectivity index (χ2n) is 13.7. The molecule has 3 aromatic carbocycles. The van der Waals surface area contributed by atoms with Crippen LogP contribution in [-0.2, 0) is 27.2 Å². The highest BCUT2D eigenvalue weighted by atomic mass is 16.6. The van der Waals surface area contributed by atoms with Gasteiger partial charge < -0.3 is 9.47 Å². The maximum Gasteiger partial charge on any atom is 0.414 e. The Kier molecular flexibility index (Phi) is 8.70. The Morgan fingerprint density at radius 1 is 0.889 bits per heavy atom. The number of nitrogens with zero attached hydrogens (tertiary/aromatic N) is 3. The summed E-state index contributed by atoms with van der Waals surface area (Å²) in [4.78, 5) is 46.7. The number of anilines is 2. The zero-order valence-electron chi connectivity index (χ0n) is 27.1. The number of rotatable bonds is 6. The van der Waals surface area contributed by atoms with Crippen LogP contribution in [0.25, 0.3) is 21.9 Å². The molecule has 0 saturated carbocycles. The lowest BCUT2D eigenvalue weighted by atomic mass is 9.91. The summed E-state index contributed by atoms with van der Waals surface area (Å²) >= 11 is 0. The molecule has 0 fully saturated rings. The van der Waals surface area contributed by atoms with Crippen molar-refractivity contribution in [2.24, 2.45) is 5.41 Å². The number of hydrogen-bond acceptors (Lipinski definition) is 6. The molecule has 0 spiro atoms. The molecule has 1 aromatic heterocycles. The van der Waals surface area contributed by atoms with Crippen molar-refractivity contribution in [1.29, 1.82) is 0 Å². The number of ether oxygens (including phenoxy) is 2. The largest absolute Gasteiger partial charge is 0.465 e. The normalized spacial score (nSPS) is 13.0.